The number of unbranched alkanes of at least 4 members (excludes halogenated alkanes) is 18. The van der Waals surface area contributed by atoms with E-state index in [0.717, 1.165) is 45.2 Å². The van der Waals surface area contributed by atoms with Gasteiger partial charge in [-0.25, -0.2) is 9.59 Å². The molecule has 0 aliphatic heterocycles. The van der Waals surface area contributed by atoms with E-state index >= 15 is 0 Å². The highest BCUT2D eigenvalue weighted by Crippen LogP contribution is 2.16. The fourth-order valence-electron chi connectivity index (χ4n) is 5.61. The Morgan fingerprint density at radius 3 is 0.956 bits per heavy atom. The molecular formula is C37H76Br2N2O4. The Hall–Kier alpha value is -0.180. The third-order valence-electron chi connectivity index (χ3n) is 9.73. The molecule has 0 saturated carbocycles. The fraction of sp³-hybridized carbons (Fsp3) is 0.946. The molecule has 6 nitrogen and oxygen atoms in total. The Morgan fingerprint density at radius 1 is 0.444 bits per heavy atom. The lowest BCUT2D eigenvalue weighted by molar-refractivity contribution is -0.923. The normalized spacial score (nSPS) is 13.0. The minimum absolute atomic E-state index is 0. The molecule has 2 unspecified atom stereocenters. The van der Waals surface area contributed by atoms with Gasteiger partial charge in [0.15, 0.2) is 12.1 Å². The van der Waals surface area contributed by atoms with Gasteiger partial charge in [0.2, 0.25) is 0 Å². The summed E-state index contributed by atoms with van der Waals surface area (Å²) in [7, 11) is 8.43. The molecule has 0 bridgehead atoms. The zero-order valence-electron chi connectivity index (χ0n) is 31.1. The topological polar surface area (TPSA) is 52.6 Å². The second kappa shape index (κ2) is 31.1. The van der Waals surface area contributed by atoms with Crippen molar-refractivity contribution >= 4 is 11.9 Å². The minimum atomic E-state index is -0.206. The van der Waals surface area contributed by atoms with Gasteiger partial charge in [0.25, 0.3) is 0 Å². The summed E-state index contributed by atoms with van der Waals surface area (Å²) in [5.41, 5.74) is 0. The van der Waals surface area contributed by atoms with Crippen LogP contribution in [0.25, 0.3) is 0 Å². The molecule has 0 radical (unpaired) electrons. The summed E-state index contributed by atoms with van der Waals surface area (Å²) in [4.78, 5) is 25.5. The molecular weight excluding hydrogens is 696 g/mol. The number of hydrogen-bond donors (Lipinski definition) is 0. The second-order valence-electron chi connectivity index (χ2n) is 14.4. The van der Waals surface area contributed by atoms with Crippen molar-refractivity contribution in [3.63, 3.8) is 0 Å². The van der Waals surface area contributed by atoms with E-state index in [9.17, 15) is 9.59 Å². The van der Waals surface area contributed by atoms with Crippen LogP contribution in [0.4, 0.5) is 0 Å². The Bertz CT molecular complexity index is 635. The van der Waals surface area contributed by atoms with E-state index in [1.807, 2.05) is 13.8 Å². The molecule has 0 rings (SSSR count). The minimum Gasteiger partial charge on any atom is -1.00 e. The van der Waals surface area contributed by atoms with Crippen molar-refractivity contribution in [2.24, 2.45) is 0 Å². The lowest BCUT2D eigenvalue weighted by Crippen LogP contribution is -3.00. The Morgan fingerprint density at radius 2 is 0.689 bits per heavy atom. The molecule has 0 heterocycles. The first-order chi connectivity index (χ1) is 20.5. The quantitative estimate of drug-likeness (QED) is 0.0640. The lowest BCUT2D eigenvalue weighted by Gasteiger charge is -2.38. The van der Waals surface area contributed by atoms with Crippen molar-refractivity contribution in [1.82, 2.24) is 0 Å². The van der Waals surface area contributed by atoms with E-state index in [4.69, 9.17) is 9.47 Å². The van der Waals surface area contributed by atoms with Gasteiger partial charge in [0.1, 0.15) is 0 Å². The molecule has 0 aromatic rings. The molecule has 0 N–H and O–H groups in total. The monoisotopic (exact) mass is 770 g/mol. The van der Waals surface area contributed by atoms with Gasteiger partial charge in [-0.15, -0.1) is 0 Å². The average molecular weight is 773 g/mol. The van der Waals surface area contributed by atoms with Gasteiger partial charge in [0.05, 0.1) is 54.5 Å². The summed E-state index contributed by atoms with van der Waals surface area (Å²) in [5.74, 6) is -0.197. The smallest absolute Gasteiger partial charge is 0.364 e. The average Bonchev–Trinajstić information content (AvgIpc) is 2.97. The first-order valence-corrected chi connectivity index (χ1v) is 18.5. The number of hydrogen-bond acceptors (Lipinski definition) is 4. The van der Waals surface area contributed by atoms with Crippen LogP contribution in [0.1, 0.15) is 163 Å². The van der Waals surface area contributed by atoms with Gasteiger partial charge in [-0.3, -0.25) is 0 Å². The Kier molecular flexibility index (Phi) is 34.0. The Labute approximate surface area is 301 Å². The van der Waals surface area contributed by atoms with Crippen molar-refractivity contribution in [3.8, 4) is 0 Å². The molecule has 0 spiro atoms. The van der Waals surface area contributed by atoms with Crippen LogP contribution < -0.4 is 34.0 Å². The third kappa shape index (κ3) is 26.5. The number of ether oxygens (including phenoxy) is 2. The summed E-state index contributed by atoms with van der Waals surface area (Å²) >= 11 is 0. The number of carbonyl (C=O) groups is 2. The predicted molar refractivity (Wildman–Crippen MR) is 183 cm³/mol. The number of carbonyl (C=O) groups excluding carboxylic acids is 2. The van der Waals surface area contributed by atoms with Crippen molar-refractivity contribution in [2.45, 2.75) is 175 Å². The van der Waals surface area contributed by atoms with Crippen LogP contribution in [0.15, 0.2) is 0 Å². The zero-order chi connectivity index (χ0) is 32.4. The molecule has 0 saturated heterocycles. The van der Waals surface area contributed by atoms with Gasteiger partial charge >= 0.3 is 11.9 Å². The van der Waals surface area contributed by atoms with Crippen molar-refractivity contribution in [2.75, 3.05) is 54.5 Å². The largest absolute Gasteiger partial charge is 1.00 e. The summed E-state index contributed by atoms with van der Waals surface area (Å²) < 4.78 is 12.5. The third-order valence-corrected chi connectivity index (χ3v) is 9.73. The Balaban J connectivity index is -0.00000882. The van der Waals surface area contributed by atoms with Gasteiger partial charge in [-0.1, -0.05) is 129 Å². The highest BCUT2D eigenvalue weighted by molar-refractivity contribution is 5.74. The molecule has 0 aliphatic carbocycles. The van der Waals surface area contributed by atoms with E-state index < -0.39 is 0 Å². The number of likely N-dealkylation sites (N-methyl/N-ethyl adjacent to an activating group) is 2. The molecule has 2 atom stereocenters. The van der Waals surface area contributed by atoms with E-state index in [1.54, 1.807) is 0 Å². The highest BCUT2D eigenvalue weighted by atomic mass is 79.9. The molecule has 0 aromatic heterocycles. The van der Waals surface area contributed by atoms with Crippen LogP contribution in [-0.2, 0) is 19.1 Å². The summed E-state index contributed by atoms with van der Waals surface area (Å²) in [6.07, 6.45) is 26.4. The molecule has 8 heteroatoms. The van der Waals surface area contributed by atoms with Crippen LogP contribution in [0, 0.1) is 0 Å². The standard InChI is InChI=1S/C37H76N2O4.2BrH/c1-9-11-13-15-17-19-21-23-25-27-32-42-36(40)34(3)38(5,6)30-29-31-39(7,8)35(4)37(41)43-33-28-26-24-22-20-18-16-14-12-10-2;;/h34-35H,9-33H2,1-8H3;2*1H/q+2;;/p-2. The summed E-state index contributed by atoms with van der Waals surface area (Å²) in [6.45, 7) is 11.3. The highest BCUT2D eigenvalue weighted by Gasteiger charge is 2.35. The van der Waals surface area contributed by atoms with Gasteiger partial charge in [-0.2, -0.15) is 0 Å². The first kappa shape index (κ1) is 49.2. The van der Waals surface area contributed by atoms with Crippen molar-refractivity contribution in [3.05, 3.63) is 0 Å². The number of quaternary nitrogens is 2. The molecule has 0 aromatic carbocycles. The maximum absolute atomic E-state index is 12.8. The molecule has 0 amide bonds. The SMILES string of the molecule is CCCCCCCCCCCCOC(=O)C(C)[N+](C)(C)CCC[N+](C)(C)C(C)C(=O)OCCCCCCCCCCCC.[Br-].[Br-]. The van der Waals surface area contributed by atoms with E-state index in [0.29, 0.717) is 22.2 Å². The van der Waals surface area contributed by atoms with Crippen LogP contribution in [0.3, 0.4) is 0 Å². The van der Waals surface area contributed by atoms with Crippen LogP contribution in [0.2, 0.25) is 0 Å². The number of halogens is 2. The van der Waals surface area contributed by atoms with Crippen molar-refractivity contribution in [1.29, 1.82) is 0 Å². The molecule has 45 heavy (non-hydrogen) atoms. The number of esters is 2. The second-order valence-corrected chi connectivity index (χ2v) is 14.4. The van der Waals surface area contributed by atoms with E-state index in [-0.39, 0.29) is 58.0 Å². The maximum Gasteiger partial charge on any atom is 0.364 e. The lowest BCUT2D eigenvalue weighted by atomic mass is 10.1. The van der Waals surface area contributed by atoms with Crippen LogP contribution in [-0.4, -0.2) is 87.5 Å². The van der Waals surface area contributed by atoms with Crippen LogP contribution >= 0.6 is 0 Å². The molecule has 0 aliphatic rings. The van der Waals surface area contributed by atoms with Crippen molar-refractivity contribution < 1.29 is 62.0 Å². The zero-order valence-corrected chi connectivity index (χ0v) is 34.3. The van der Waals surface area contributed by atoms with Gasteiger partial charge in [-0.05, 0) is 26.7 Å². The summed E-state index contributed by atoms with van der Waals surface area (Å²) in [6, 6.07) is -0.413. The van der Waals surface area contributed by atoms with Crippen LogP contribution in [0.5, 0.6) is 0 Å². The maximum atomic E-state index is 12.8. The summed E-state index contributed by atoms with van der Waals surface area (Å²) in [5, 5.41) is 0. The molecule has 0 fully saturated rings. The van der Waals surface area contributed by atoms with Gasteiger partial charge < -0.3 is 52.4 Å². The fourth-order valence-corrected chi connectivity index (χ4v) is 5.61. The predicted octanol–water partition coefficient (Wildman–Crippen LogP) is 3.24. The van der Waals surface area contributed by atoms with E-state index in [1.165, 1.54) is 103 Å². The van der Waals surface area contributed by atoms with E-state index in [2.05, 4.69) is 42.0 Å². The first-order valence-electron chi connectivity index (χ1n) is 18.5. The number of nitrogens with zero attached hydrogens (tertiary/aromatic N) is 2. The van der Waals surface area contributed by atoms with Gasteiger partial charge in [0, 0.05) is 6.42 Å². The number of rotatable bonds is 30. The molecule has 272 valence electrons.